The Morgan fingerprint density at radius 1 is 1.53 bits per heavy atom. The molecule has 1 N–H and O–H groups in total. The van der Waals surface area contributed by atoms with Gasteiger partial charge in [-0.05, 0) is 26.8 Å². The smallest absolute Gasteiger partial charge is 0.414 e. The van der Waals surface area contributed by atoms with Crippen LogP contribution in [0.4, 0.5) is 16.2 Å². The van der Waals surface area contributed by atoms with Crippen molar-refractivity contribution >= 4 is 17.5 Å². The maximum Gasteiger partial charge on any atom is 0.414 e. The first-order valence-electron chi connectivity index (χ1n) is 5.66. The SMILES string of the molecule is CC(C)(C)OC(=O)N1CCNc2cnccc21. The molecule has 5 nitrogen and oxygen atoms in total. The van der Waals surface area contributed by atoms with Gasteiger partial charge in [-0.3, -0.25) is 9.88 Å². The summed E-state index contributed by atoms with van der Waals surface area (Å²) in [7, 11) is 0. The van der Waals surface area contributed by atoms with Crippen molar-refractivity contribution in [3.05, 3.63) is 18.5 Å². The predicted molar refractivity (Wildman–Crippen MR) is 66.3 cm³/mol. The third-order valence-corrected chi connectivity index (χ3v) is 2.35. The zero-order chi connectivity index (χ0) is 12.5. The van der Waals surface area contributed by atoms with Crippen LogP contribution in [0.2, 0.25) is 0 Å². The van der Waals surface area contributed by atoms with Crippen LogP contribution in [0.15, 0.2) is 18.5 Å². The number of hydrogen-bond donors (Lipinski definition) is 1. The Hall–Kier alpha value is -1.78. The van der Waals surface area contributed by atoms with Crippen molar-refractivity contribution in [2.75, 3.05) is 23.3 Å². The molecule has 1 aliphatic rings. The summed E-state index contributed by atoms with van der Waals surface area (Å²) in [5.41, 5.74) is 1.21. The van der Waals surface area contributed by atoms with E-state index in [1.807, 2.05) is 26.8 Å². The second-order valence-corrected chi connectivity index (χ2v) is 4.95. The van der Waals surface area contributed by atoms with Crippen LogP contribution in [-0.4, -0.2) is 29.8 Å². The van der Waals surface area contributed by atoms with Crippen LogP contribution in [-0.2, 0) is 4.74 Å². The predicted octanol–water partition coefficient (Wildman–Crippen LogP) is 2.25. The van der Waals surface area contributed by atoms with Gasteiger partial charge in [0.1, 0.15) is 5.60 Å². The zero-order valence-electron chi connectivity index (χ0n) is 10.4. The quantitative estimate of drug-likeness (QED) is 0.749. The van der Waals surface area contributed by atoms with Crippen LogP contribution in [0.1, 0.15) is 20.8 Å². The number of amides is 1. The van der Waals surface area contributed by atoms with Crippen molar-refractivity contribution in [2.24, 2.45) is 0 Å². The van der Waals surface area contributed by atoms with Crippen LogP contribution >= 0.6 is 0 Å². The Morgan fingerprint density at radius 3 is 3.00 bits per heavy atom. The highest BCUT2D eigenvalue weighted by Crippen LogP contribution is 2.28. The first kappa shape index (κ1) is 11.7. The van der Waals surface area contributed by atoms with Gasteiger partial charge in [0.05, 0.1) is 17.6 Å². The number of hydrogen-bond acceptors (Lipinski definition) is 4. The van der Waals surface area contributed by atoms with Gasteiger partial charge in [-0.25, -0.2) is 4.79 Å². The van der Waals surface area contributed by atoms with E-state index in [2.05, 4.69) is 10.3 Å². The first-order chi connectivity index (χ1) is 7.97. The highest BCUT2D eigenvalue weighted by Gasteiger charge is 2.26. The molecule has 0 atom stereocenters. The van der Waals surface area contributed by atoms with Crippen molar-refractivity contribution in [3.63, 3.8) is 0 Å². The topological polar surface area (TPSA) is 54.5 Å². The molecule has 2 heterocycles. The number of carbonyl (C=O) groups is 1. The molecular weight excluding hydrogens is 218 g/mol. The van der Waals surface area contributed by atoms with Gasteiger partial charge in [-0.15, -0.1) is 0 Å². The molecule has 0 saturated carbocycles. The summed E-state index contributed by atoms with van der Waals surface area (Å²) in [5, 5.41) is 3.20. The van der Waals surface area contributed by atoms with Crippen LogP contribution < -0.4 is 10.2 Å². The van der Waals surface area contributed by atoms with E-state index in [1.54, 1.807) is 17.3 Å². The molecule has 0 aromatic carbocycles. The number of aromatic nitrogens is 1. The molecule has 5 heteroatoms. The fraction of sp³-hybridized carbons (Fsp3) is 0.500. The molecule has 92 valence electrons. The van der Waals surface area contributed by atoms with E-state index in [9.17, 15) is 4.79 Å². The second kappa shape index (κ2) is 4.24. The third-order valence-electron chi connectivity index (χ3n) is 2.35. The number of anilines is 2. The fourth-order valence-corrected chi connectivity index (χ4v) is 1.69. The lowest BCUT2D eigenvalue weighted by atomic mass is 10.2. The minimum Gasteiger partial charge on any atom is -0.443 e. The van der Waals surface area contributed by atoms with Gasteiger partial charge >= 0.3 is 6.09 Å². The minimum atomic E-state index is -0.477. The molecule has 0 unspecified atom stereocenters. The number of rotatable bonds is 0. The summed E-state index contributed by atoms with van der Waals surface area (Å²) in [6.07, 6.45) is 3.07. The van der Waals surface area contributed by atoms with Crippen molar-refractivity contribution in [1.82, 2.24) is 4.98 Å². The van der Waals surface area contributed by atoms with E-state index in [0.717, 1.165) is 11.4 Å². The zero-order valence-corrected chi connectivity index (χ0v) is 10.4. The first-order valence-corrected chi connectivity index (χ1v) is 5.66. The Bertz CT molecular complexity index is 426. The van der Waals surface area contributed by atoms with Crippen molar-refractivity contribution in [1.29, 1.82) is 0 Å². The lowest BCUT2D eigenvalue weighted by Gasteiger charge is -2.31. The fourth-order valence-electron chi connectivity index (χ4n) is 1.69. The van der Waals surface area contributed by atoms with Crippen molar-refractivity contribution in [3.8, 4) is 0 Å². The Labute approximate surface area is 101 Å². The van der Waals surface area contributed by atoms with E-state index >= 15 is 0 Å². The Kier molecular flexibility index (Phi) is 2.92. The van der Waals surface area contributed by atoms with E-state index in [1.165, 1.54) is 0 Å². The van der Waals surface area contributed by atoms with Gasteiger partial charge in [0, 0.05) is 19.3 Å². The molecular formula is C12H17N3O2. The average molecular weight is 235 g/mol. The van der Waals surface area contributed by atoms with Gasteiger partial charge < -0.3 is 10.1 Å². The van der Waals surface area contributed by atoms with Crippen LogP contribution in [0.5, 0.6) is 0 Å². The summed E-state index contributed by atoms with van der Waals surface area (Å²) < 4.78 is 5.37. The van der Waals surface area contributed by atoms with Crippen LogP contribution in [0.3, 0.4) is 0 Å². The molecule has 0 fully saturated rings. The molecule has 0 radical (unpaired) electrons. The maximum absolute atomic E-state index is 12.0. The Balaban J connectivity index is 2.21. The largest absolute Gasteiger partial charge is 0.443 e. The van der Waals surface area contributed by atoms with Gasteiger partial charge in [0.2, 0.25) is 0 Å². The van der Waals surface area contributed by atoms with E-state index < -0.39 is 5.60 Å². The summed E-state index contributed by atoms with van der Waals surface area (Å²) in [4.78, 5) is 17.7. The Morgan fingerprint density at radius 2 is 2.29 bits per heavy atom. The summed E-state index contributed by atoms with van der Waals surface area (Å²) in [6.45, 7) is 6.89. The van der Waals surface area contributed by atoms with E-state index in [4.69, 9.17) is 4.74 Å². The highest BCUT2D eigenvalue weighted by molar-refractivity contribution is 5.93. The maximum atomic E-state index is 12.0. The summed E-state index contributed by atoms with van der Waals surface area (Å²) in [5.74, 6) is 0. The molecule has 1 aliphatic heterocycles. The number of pyridine rings is 1. The second-order valence-electron chi connectivity index (χ2n) is 4.95. The lowest BCUT2D eigenvalue weighted by Crippen LogP contribution is -2.42. The lowest BCUT2D eigenvalue weighted by molar-refractivity contribution is 0.0581. The molecule has 0 bridgehead atoms. The number of fused-ring (bicyclic) bond motifs is 1. The minimum absolute atomic E-state index is 0.313. The number of nitrogens with zero attached hydrogens (tertiary/aromatic N) is 2. The standard InChI is InChI=1S/C12H17N3O2/c1-12(2,3)17-11(16)15-7-6-14-9-8-13-5-4-10(9)15/h4-5,8,14H,6-7H2,1-3H3. The number of carbonyl (C=O) groups excluding carboxylic acids is 1. The van der Waals surface area contributed by atoms with Crippen LogP contribution in [0.25, 0.3) is 0 Å². The monoisotopic (exact) mass is 235 g/mol. The molecule has 1 aromatic heterocycles. The van der Waals surface area contributed by atoms with E-state index in [-0.39, 0.29) is 6.09 Å². The third kappa shape index (κ3) is 2.67. The van der Waals surface area contributed by atoms with Gasteiger partial charge in [-0.1, -0.05) is 0 Å². The normalized spacial score (nSPS) is 14.9. The average Bonchev–Trinajstić information content (AvgIpc) is 2.26. The number of nitrogens with one attached hydrogen (secondary N) is 1. The van der Waals surface area contributed by atoms with Crippen LogP contribution in [0, 0.1) is 0 Å². The van der Waals surface area contributed by atoms with Gasteiger partial charge in [-0.2, -0.15) is 0 Å². The highest BCUT2D eigenvalue weighted by atomic mass is 16.6. The van der Waals surface area contributed by atoms with Gasteiger partial charge in [0.15, 0.2) is 0 Å². The molecule has 0 aliphatic carbocycles. The summed E-state index contributed by atoms with van der Waals surface area (Å²) in [6, 6.07) is 1.81. The molecule has 0 spiro atoms. The number of ether oxygens (including phenoxy) is 1. The molecule has 1 aromatic rings. The van der Waals surface area contributed by atoms with Crippen molar-refractivity contribution < 1.29 is 9.53 Å². The molecule has 17 heavy (non-hydrogen) atoms. The van der Waals surface area contributed by atoms with Gasteiger partial charge in [0.25, 0.3) is 0 Å². The molecule has 2 rings (SSSR count). The summed E-state index contributed by atoms with van der Waals surface area (Å²) >= 11 is 0. The van der Waals surface area contributed by atoms with E-state index in [0.29, 0.717) is 13.1 Å². The molecule has 0 saturated heterocycles. The molecule has 1 amide bonds. The van der Waals surface area contributed by atoms with Crippen molar-refractivity contribution in [2.45, 2.75) is 26.4 Å².